The van der Waals surface area contributed by atoms with E-state index < -0.39 is 0 Å². The minimum absolute atomic E-state index is 0.895. The highest BCUT2D eigenvalue weighted by atomic mass is 32.2. The van der Waals surface area contributed by atoms with Crippen molar-refractivity contribution in [1.82, 2.24) is 0 Å². The quantitative estimate of drug-likeness (QED) is 0.724. The van der Waals surface area contributed by atoms with Gasteiger partial charge in [0.1, 0.15) is 5.75 Å². The topological polar surface area (TPSA) is 21.3 Å². The molecule has 0 aromatic heterocycles. The van der Waals surface area contributed by atoms with E-state index in [0.717, 1.165) is 17.3 Å². The number of anilines is 1. The molecule has 0 spiro atoms. The van der Waals surface area contributed by atoms with E-state index in [1.165, 1.54) is 0 Å². The van der Waals surface area contributed by atoms with Gasteiger partial charge in [0, 0.05) is 0 Å². The number of hydrogen-bond acceptors (Lipinski definition) is 3. The molecule has 0 heterocycles. The second-order valence-electron chi connectivity index (χ2n) is 2.31. The van der Waals surface area contributed by atoms with Gasteiger partial charge in [0.05, 0.1) is 18.7 Å². The van der Waals surface area contributed by atoms with Crippen LogP contribution in [0.15, 0.2) is 24.3 Å². The first-order chi connectivity index (χ1) is 5.88. The molecular weight excluding hydrogens is 170 g/mol. The van der Waals surface area contributed by atoms with E-state index in [4.69, 9.17) is 4.74 Å². The number of rotatable bonds is 4. The molecule has 3 heteroatoms. The second kappa shape index (κ2) is 4.93. The van der Waals surface area contributed by atoms with Gasteiger partial charge in [0.15, 0.2) is 0 Å². The lowest BCUT2D eigenvalue weighted by Gasteiger charge is -2.08. The molecule has 0 unspecified atom stereocenters. The Labute approximate surface area is 77.3 Å². The fourth-order valence-electron chi connectivity index (χ4n) is 0.941. The van der Waals surface area contributed by atoms with Gasteiger partial charge in [-0.1, -0.05) is 12.1 Å². The monoisotopic (exact) mass is 183 g/mol. The third-order valence-corrected chi connectivity index (χ3v) is 1.95. The van der Waals surface area contributed by atoms with Gasteiger partial charge in [-0.05, 0) is 18.4 Å². The summed E-state index contributed by atoms with van der Waals surface area (Å²) >= 11 is 1.75. The first-order valence-corrected chi connectivity index (χ1v) is 5.13. The fraction of sp³-hybridized carbons (Fsp3) is 0.333. The molecule has 66 valence electrons. The average Bonchev–Trinajstić information content (AvgIpc) is 2.15. The Hall–Kier alpha value is -0.830. The van der Waals surface area contributed by atoms with Crippen molar-refractivity contribution in [1.29, 1.82) is 0 Å². The van der Waals surface area contributed by atoms with Crippen molar-refractivity contribution in [2.75, 3.05) is 24.6 Å². The van der Waals surface area contributed by atoms with Crippen LogP contribution in [0.2, 0.25) is 0 Å². The summed E-state index contributed by atoms with van der Waals surface area (Å²) in [6, 6.07) is 7.91. The molecule has 0 aliphatic carbocycles. The third-order valence-electron chi connectivity index (χ3n) is 1.51. The first-order valence-electron chi connectivity index (χ1n) is 3.74. The molecule has 0 atom stereocenters. The first kappa shape index (κ1) is 9.26. The zero-order valence-corrected chi connectivity index (χ0v) is 8.15. The van der Waals surface area contributed by atoms with Gasteiger partial charge < -0.3 is 10.1 Å². The second-order valence-corrected chi connectivity index (χ2v) is 3.18. The molecule has 1 N–H and O–H groups in total. The number of thioether (sulfide) groups is 1. The van der Waals surface area contributed by atoms with Crippen molar-refractivity contribution in [2.45, 2.75) is 0 Å². The van der Waals surface area contributed by atoms with E-state index in [1.54, 1.807) is 18.9 Å². The Morgan fingerprint density at radius 3 is 2.83 bits per heavy atom. The molecule has 0 amide bonds. The normalized spacial score (nSPS) is 9.50. The lowest BCUT2D eigenvalue weighted by molar-refractivity contribution is 0.416. The maximum absolute atomic E-state index is 5.17. The number of para-hydroxylation sites is 2. The molecule has 1 aromatic carbocycles. The summed E-state index contributed by atoms with van der Waals surface area (Å²) in [7, 11) is 1.68. The van der Waals surface area contributed by atoms with Crippen molar-refractivity contribution in [3.63, 3.8) is 0 Å². The smallest absolute Gasteiger partial charge is 0.141 e. The lowest BCUT2D eigenvalue weighted by atomic mass is 10.3. The van der Waals surface area contributed by atoms with Crippen LogP contribution < -0.4 is 10.1 Å². The van der Waals surface area contributed by atoms with Gasteiger partial charge in [0.2, 0.25) is 0 Å². The van der Waals surface area contributed by atoms with Crippen LogP contribution in [-0.4, -0.2) is 19.2 Å². The minimum atomic E-state index is 0.895. The average molecular weight is 183 g/mol. The van der Waals surface area contributed by atoms with Crippen LogP contribution in [0.4, 0.5) is 5.69 Å². The summed E-state index contributed by atoms with van der Waals surface area (Å²) in [5.41, 5.74) is 1.05. The standard InChI is InChI=1S/C9H13NOS/c1-11-9-6-4-3-5-8(9)10-7-12-2/h3-6,10H,7H2,1-2H3. The van der Waals surface area contributed by atoms with Gasteiger partial charge in [-0.25, -0.2) is 0 Å². The molecule has 0 aliphatic heterocycles. The summed E-state index contributed by atoms with van der Waals surface area (Å²) in [5, 5.41) is 3.25. The molecule has 0 aliphatic rings. The molecule has 0 bridgehead atoms. The highest BCUT2D eigenvalue weighted by Crippen LogP contribution is 2.23. The van der Waals surface area contributed by atoms with E-state index in [0.29, 0.717) is 0 Å². The van der Waals surface area contributed by atoms with E-state index in [-0.39, 0.29) is 0 Å². The zero-order chi connectivity index (χ0) is 8.81. The van der Waals surface area contributed by atoms with Gasteiger partial charge >= 0.3 is 0 Å². The number of hydrogen-bond donors (Lipinski definition) is 1. The van der Waals surface area contributed by atoms with E-state index in [9.17, 15) is 0 Å². The van der Waals surface area contributed by atoms with Crippen molar-refractivity contribution in [2.24, 2.45) is 0 Å². The Morgan fingerprint density at radius 1 is 1.42 bits per heavy atom. The number of nitrogens with one attached hydrogen (secondary N) is 1. The van der Waals surface area contributed by atoms with Crippen molar-refractivity contribution >= 4 is 17.4 Å². The van der Waals surface area contributed by atoms with Crippen LogP contribution >= 0.6 is 11.8 Å². The minimum Gasteiger partial charge on any atom is -0.495 e. The molecule has 0 fully saturated rings. The third kappa shape index (κ3) is 2.34. The molecule has 0 saturated heterocycles. The largest absolute Gasteiger partial charge is 0.495 e. The predicted octanol–water partition coefficient (Wildman–Crippen LogP) is 2.43. The Kier molecular flexibility index (Phi) is 3.80. The van der Waals surface area contributed by atoms with Crippen LogP contribution in [0.1, 0.15) is 0 Å². The summed E-state index contributed by atoms with van der Waals surface area (Å²) in [6.45, 7) is 0. The summed E-state index contributed by atoms with van der Waals surface area (Å²) in [4.78, 5) is 0. The summed E-state index contributed by atoms with van der Waals surface area (Å²) in [5.74, 6) is 1.80. The van der Waals surface area contributed by atoms with E-state index in [1.807, 2.05) is 24.3 Å². The number of ether oxygens (including phenoxy) is 1. The highest BCUT2D eigenvalue weighted by molar-refractivity contribution is 7.98. The molecule has 12 heavy (non-hydrogen) atoms. The van der Waals surface area contributed by atoms with Crippen LogP contribution in [0.5, 0.6) is 5.75 Å². The SMILES string of the molecule is COc1ccccc1NCSC. The van der Waals surface area contributed by atoms with Gasteiger partial charge in [0.25, 0.3) is 0 Å². The van der Waals surface area contributed by atoms with Crippen molar-refractivity contribution in [3.8, 4) is 5.75 Å². The fourth-order valence-corrected chi connectivity index (χ4v) is 1.24. The Bertz CT molecular complexity index is 240. The molecule has 1 rings (SSSR count). The highest BCUT2D eigenvalue weighted by Gasteiger charge is 1.97. The van der Waals surface area contributed by atoms with Crippen LogP contribution in [0.25, 0.3) is 0 Å². The molecule has 1 aromatic rings. The van der Waals surface area contributed by atoms with Gasteiger partial charge in [-0.15, -0.1) is 11.8 Å². The van der Waals surface area contributed by atoms with Crippen LogP contribution in [0, 0.1) is 0 Å². The van der Waals surface area contributed by atoms with Crippen molar-refractivity contribution < 1.29 is 4.74 Å². The summed E-state index contributed by atoms with van der Waals surface area (Å²) < 4.78 is 5.17. The lowest BCUT2D eigenvalue weighted by Crippen LogP contribution is -1.98. The van der Waals surface area contributed by atoms with Gasteiger partial charge in [-0.3, -0.25) is 0 Å². The number of benzene rings is 1. The molecule has 2 nitrogen and oxygen atoms in total. The van der Waals surface area contributed by atoms with Crippen LogP contribution in [0.3, 0.4) is 0 Å². The zero-order valence-electron chi connectivity index (χ0n) is 7.33. The predicted molar refractivity (Wildman–Crippen MR) is 55.0 cm³/mol. The molecule has 0 radical (unpaired) electrons. The maximum atomic E-state index is 5.17. The molecular formula is C9H13NOS. The summed E-state index contributed by atoms with van der Waals surface area (Å²) in [6.07, 6.45) is 2.06. The van der Waals surface area contributed by atoms with E-state index >= 15 is 0 Å². The van der Waals surface area contributed by atoms with Gasteiger partial charge in [-0.2, -0.15) is 0 Å². The maximum Gasteiger partial charge on any atom is 0.141 e. The Morgan fingerprint density at radius 2 is 2.17 bits per heavy atom. The number of methoxy groups -OCH3 is 1. The Balaban J connectivity index is 2.68. The van der Waals surface area contributed by atoms with E-state index in [2.05, 4.69) is 11.6 Å². The molecule has 0 saturated carbocycles. The van der Waals surface area contributed by atoms with Crippen LogP contribution in [-0.2, 0) is 0 Å². The van der Waals surface area contributed by atoms with Crippen molar-refractivity contribution in [3.05, 3.63) is 24.3 Å².